The van der Waals surface area contributed by atoms with Crippen molar-refractivity contribution in [3.05, 3.63) is 50.4 Å². The van der Waals surface area contributed by atoms with Crippen LogP contribution < -0.4 is 10.6 Å². The van der Waals surface area contributed by atoms with E-state index < -0.39 is 10.9 Å². The smallest absolute Gasteiger partial charge is 0.341 e. The second-order valence-corrected chi connectivity index (χ2v) is 6.64. The lowest BCUT2D eigenvalue weighted by atomic mass is 10.1. The van der Waals surface area contributed by atoms with Crippen molar-refractivity contribution in [2.24, 2.45) is 0 Å². The SMILES string of the molecule is CCOC(=O)c1c(NC(=O)CNc2cccc([N+](=O)[O-])c2)sc(C)c1C. The Hall–Kier alpha value is -2.94. The van der Waals surface area contributed by atoms with Gasteiger partial charge in [0.15, 0.2) is 0 Å². The van der Waals surface area contributed by atoms with Gasteiger partial charge in [0.2, 0.25) is 5.91 Å². The van der Waals surface area contributed by atoms with Crippen LogP contribution in [0.1, 0.15) is 27.7 Å². The Morgan fingerprint density at radius 3 is 2.69 bits per heavy atom. The molecule has 0 fully saturated rings. The fourth-order valence-corrected chi connectivity index (χ4v) is 3.31. The quantitative estimate of drug-likeness (QED) is 0.434. The standard InChI is InChI=1S/C17H19N3O5S/c1-4-25-17(22)15-10(2)11(3)26-16(15)19-14(21)9-18-12-6-5-7-13(8-12)20(23)24/h5-8,18H,4,9H2,1-3H3,(H,19,21). The summed E-state index contributed by atoms with van der Waals surface area (Å²) in [5, 5.41) is 16.7. The van der Waals surface area contributed by atoms with Crippen molar-refractivity contribution in [2.75, 3.05) is 23.8 Å². The fraction of sp³-hybridized carbons (Fsp3) is 0.294. The molecule has 0 unspecified atom stereocenters. The molecule has 0 spiro atoms. The van der Waals surface area contributed by atoms with Crippen LogP contribution in [0.4, 0.5) is 16.4 Å². The van der Waals surface area contributed by atoms with Gasteiger partial charge in [-0.2, -0.15) is 0 Å². The summed E-state index contributed by atoms with van der Waals surface area (Å²) in [7, 11) is 0. The van der Waals surface area contributed by atoms with Crippen molar-refractivity contribution in [3.8, 4) is 0 Å². The van der Waals surface area contributed by atoms with E-state index in [1.54, 1.807) is 19.9 Å². The maximum Gasteiger partial charge on any atom is 0.341 e. The molecule has 0 aliphatic rings. The Morgan fingerprint density at radius 1 is 1.31 bits per heavy atom. The maximum absolute atomic E-state index is 12.2. The number of nitrogens with one attached hydrogen (secondary N) is 2. The van der Waals surface area contributed by atoms with E-state index in [-0.39, 0.29) is 24.7 Å². The van der Waals surface area contributed by atoms with Crippen LogP contribution in [-0.4, -0.2) is 30.0 Å². The predicted molar refractivity (Wildman–Crippen MR) is 100.0 cm³/mol. The molecule has 26 heavy (non-hydrogen) atoms. The number of thiophene rings is 1. The molecule has 0 saturated carbocycles. The van der Waals surface area contributed by atoms with E-state index >= 15 is 0 Å². The zero-order valence-corrected chi connectivity index (χ0v) is 15.4. The third kappa shape index (κ3) is 4.57. The molecule has 2 rings (SSSR count). The van der Waals surface area contributed by atoms with Crippen LogP contribution in [0.15, 0.2) is 24.3 Å². The minimum atomic E-state index is -0.506. The number of aryl methyl sites for hydroxylation is 1. The molecule has 0 bridgehead atoms. The number of anilines is 2. The number of carbonyl (C=O) groups is 2. The highest BCUT2D eigenvalue weighted by molar-refractivity contribution is 7.16. The number of nitro benzene ring substituents is 1. The number of amides is 1. The first-order chi connectivity index (χ1) is 12.3. The van der Waals surface area contributed by atoms with Crippen molar-refractivity contribution in [1.82, 2.24) is 0 Å². The Labute approximate surface area is 154 Å². The lowest BCUT2D eigenvalue weighted by molar-refractivity contribution is -0.384. The van der Waals surface area contributed by atoms with E-state index in [4.69, 9.17) is 4.74 Å². The van der Waals surface area contributed by atoms with Gasteiger partial charge in [-0.25, -0.2) is 4.79 Å². The Kier molecular flexibility index (Phi) is 6.29. The van der Waals surface area contributed by atoms with Gasteiger partial charge in [-0.05, 0) is 32.4 Å². The third-order valence-corrected chi connectivity index (χ3v) is 4.75. The number of non-ortho nitro benzene ring substituents is 1. The normalized spacial score (nSPS) is 10.3. The molecule has 0 atom stereocenters. The third-order valence-electron chi connectivity index (χ3n) is 3.63. The number of rotatable bonds is 7. The van der Waals surface area contributed by atoms with E-state index in [1.165, 1.54) is 29.5 Å². The van der Waals surface area contributed by atoms with Gasteiger partial charge in [0.25, 0.3) is 5.69 Å². The first-order valence-electron chi connectivity index (χ1n) is 7.88. The summed E-state index contributed by atoms with van der Waals surface area (Å²) >= 11 is 1.30. The molecule has 8 nitrogen and oxygen atoms in total. The number of nitrogens with zero attached hydrogens (tertiary/aromatic N) is 1. The summed E-state index contributed by atoms with van der Waals surface area (Å²) in [4.78, 5) is 35.5. The summed E-state index contributed by atoms with van der Waals surface area (Å²) < 4.78 is 5.05. The summed E-state index contributed by atoms with van der Waals surface area (Å²) in [5.74, 6) is -0.848. The second kappa shape index (κ2) is 8.43. The molecule has 0 aliphatic carbocycles. The highest BCUT2D eigenvalue weighted by Crippen LogP contribution is 2.33. The lowest BCUT2D eigenvalue weighted by Crippen LogP contribution is -2.22. The van der Waals surface area contributed by atoms with Gasteiger partial charge in [-0.3, -0.25) is 14.9 Å². The average molecular weight is 377 g/mol. The molecular weight excluding hydrogens is 358 g/mol. The number of benzene rings is 1. The van der Waals surface area contributed by atoms with E-state index in [0.29, 0.717) is 16.3 Å². The van der Waals surface area contributed by atoms with Crippen LogP contribution >= 0.6 is 11.3 Å². The Morgan fingerprint density at radius 2 is 2.04 bits per heavy atom. The number of esters is 1. The van der Waals surface area contributed by atoms with Crippen LogP contribution in [0.5, 0.6) is 0 Å². The molecule has 0 saturated heterocycles. The molecule has 2 N–H and O–H groups in total. The monoisotopic (exact) mass is 377 g/mol. The molecule has 0 radical (unpaired) electrons. The number of hydrogen-bond acceptors (Lipinski definition) is 7. The topological polar surface area (TPSA) is 111 Å². The van der Waals surface area contributed by atoms with Gasteiger partial charge in [0, 0.05) is 22.7 Å². The summed E-state index contributed by atoms with van der Waals surface area (Å²) in [6, 6.07) is 5.87. The first-order valence-corrected chi connectivity index (χ1v) is 8.70. The molecule has 1 aromatic carbocycles. The molecule has 2 aromatic rings. The lowest BCUT2D eigenvalue weighted by Gasteiger charge is -2.09. The number of nitro groups is 1. The van der Waals surface area contributed by atoms with Gasteiger partial charge in [-0.1, -0.05) is 6.07 Å². The van der Waals surface area contributed by atoms with E-state index in [9.17, 15) is 19.7 Å². The molecule has 1 heterocycles. The van der Waals surface area contributed by atoms with Crippen LogP contribution in [-0.2, 0) is 9.53 Å². The van der Waals surface area contributed by atoms with Gasteiger partial charge >= 0.3 is 5.97 Å². The van der Waals surface area contributed by atoms with Crippen LogP contribution in [0.3, 0.4) is 0 Å². The minimum absolute atomic E-state index is 0.0653. The van der Waals surface area contributed by atoms with Crippen molar-refractivity contribution < 1.29 is 19.2 Å². The predicted octanol–water partition coefficient (Wildman–Crippen LogP) is 3.50. The Bertz CT molecular complexity index is 847. The summed E-state index contributed by atoms with van der Waals surface area (Å²) in [6.45, 7) is 5.52. The highest BCUT2D eigenvalue weighted by Gasteiger charge is 2.22. The van der Waals surface area contributed by atoms with Crippen molar-refractivity contribution in [1.29, 1.82) is 0 Å². The molecule has 1 aromatic heterocycles. The van der Waals surface area contributed by atoms with Gasteiger partial charge in [-0.15, -0.1) is 11.3 Å². The summed E-state index contributed by atoms with van der Waals surface area (Å²) in [6.07, 6.45) is 0. The van der Waals surface area contributed by atoms with Crippen LogP contribution in [0, 0.1) is 24.0 Å². The number of carbonyl (C=O) groups excluding carboxylic acids is 2. The van der Waals surface area contributed by atoms with Crippen molar-refractivity contribution in [2.45, 2.75) is 20.8 Å². The Balaban J connectivity index is 2.06. The van der Waals surface area contributed by atoms with Crippen molar-refractivity contribution >= 4 is 39.6 Å². The maximum atomic E-state index is 12.2. The second-order valence-electron chi connectivity index (χ2n) is 5.42. The number of ether oxygens (including phenoxy) is 1. The van der Waals surface area contributed by atoms with E-state index in [0.717, 1.165) is 10.4 Å². The van der Waals surface area contributed by atoms with Crippen molar-refractivity contribution in [3.63, 3.8) is 0 Å². The molecule has 0 aliphatic heterocycles. The van der Waals surface area contributed by atoms with E-state index in [1.807, 2.05) is 6.92 Å². The van der Waals surface area contributed by atoms with Gasteiger partial charge < -0.3 is 15.4 Å². The first kappa shape index (κ1) is 19.4. The van der Waals surface area contributed by atoms with E-state index in [2.05, 4.69) is 10.6 Å². The molecule has 138 valence electrons. The highest BCUT2D eigenvalue weighted by atomic mass is 32.1. The van der Waals surface area contributed by atoms with Gasteiger partial charge in [0.05, 0.1) is 23.6 Å². The van der Waals surface area contributed by atoms with Crippen LogP contribution in [0.25, 0.3) is 0 Å². The minimum Gasteiger partial charge on any atom is -0.462 e. The molecular formula is C17H19N3O5S. The zero-order valence-electron chi connectivity index (χ0n) is 14.6. The molecule has 1 amide bonds. The molecule has 9 heteroatoms. The zero-order chi connectivity index (χ0) is 19.3. The van der Waals surface area contributed by atoms with Gasteiger partial charge in [0.1, 0.15) is 5.00 Å². The fourth-order valence-electron chi connectivity index (χ4n) is 2.25. The largest absolute Gasteiger partial charge is 0.462 e. The average Bonchev–Trinajstić information content (AvgIpc) is 2.87. The van der Waals surface area contributed by atoms with Crippen LogP contribution in [0.2, 0.25) is 0 Å². The number of hydrogen-bond donors (Lipinski definition) is 2. The summed E-state index contributed by atoms with van der Waals surface area (Å²) in [5.41, 5.74) is 1.52.